The fraction of sp³-hybridized carbons (Fsp3) is 0.286. The van der Waals surface area contributed by atoms with Crippen LogP contribution >= 0.6 is 15.9 Å². The first-order valence-electron chi connectivity index (χ1n) is 6.02. The van der Waals surface area contributed by atoms with Gasteiger partial charge >= 0.3 is 5.97 Å². The first-order valence-corrected chi connectivity index (χ1v) is 6.81. The summed E-state index contributed by atoms with van der Waals surface area (Å²) in [6.45, 7) is 1.88. The molecule has 0 aliphatic carbocycles. The number of aryl methyl sites for hydroxylation is 1. The summed E-state index contributed by atoms with van der Waals surface area (Å²) in [5, 5.41) is 13.4. The summed E-state index contributed by atoms with van der Waals surface area (Å²) in [4.78, 5) is 10.9. The van der Waals surface area contributed by atoms with Crippen molar-refractivity contribution in [1.82, 2.24) is 9.78 Å². The van der Waals surface area contributed by atoms with Crippen LogP contribution in [0.2, 0.25) is 0 Å². The minimum atomic E-state index is -0.871. The summed E-state index contributed by atoms with van der Waals surface area (Å²) in [7, 11) is 3.35. The van der Waals surface area contributed by atoms with Gasteiger partial charge in [0.1, 0.15) is 5.75 Å². The number of carbonyl (C=O) groups is 1. The van der Waals surface area contributed by atoms with Crippen molar-refractivity contribution >= 4 is 21.9 Å². The zero-order chi connectivity index (χ0) is 14.9. The van der Waals surface area contributed by atoms with Gasteiger partial charge < -0.3 is 9.84 Å². The Bertz CT molecular complexity index is 665. The second-order valence-corrected chi connectivity index (χ2v) is 5.37. The molecule has 1 aromatic heterocycles. The van der Waals surface area contributed by atoms with Crippen molar-refractivity contribution < 1.29 is 14.6 Å². The normalized spacial score (nSPS) is 10.6. The van der Waals surface area contributed by atoms with Crippen LogP contribution in [0.25, 0.3) is 11.3 Å². The van der Waals surface area contributed by atoms with Gasteiger partial charge in [-0.1, -0.05) is 15.9 Å². The van der Waals surface area contributed by atoms with Crippen molar-refractivity contribution in [3.05, 3.63) is 33.9 Å². The van der Waals surface area contributed by atoms with E-state index in [-0.39, 0.29) is 6.42 Å². The molecule has 0 fully saturated rings. The molecule has 1 N–H and O–H groups in total. The van der Waals surface area contributed by atoms with Crippen LogP contribution < -0.4 is 4.74 Å². The van der Waals surface area contributed by atoms with Gasteiger partial charge in [0.05, 0.1) is 24.9 Å². The highest BCUT2D eigenvalue weighted by Gasteiger charge is 2.19. The Morgan fingerprint density at radius 3 is 2.80 bits per heavy atom. The number of hydrogen-bond acceptors (Lipinski definition) is 3. The quantitative estimate of drug-likeness (QED) is 0.930. The number of halogens is 1. The minimum Gasteiger partial charge on any atom is -0.496 e. The standard InChI is InChI=1S/C14H15BrN2O3/c1-8-11(7-13(18)19)17(2)16-14(8)10-6-9(15)4-5-12(10)20-3/h4-6H,7H2,1-3H3,(H,18,19). The molecule has 0 saturated carbocycles. The van der Waals surface area contributed by atoms with Crippen LogP contribution in [0.5, 0.6) is 5.75 Å². The molecule has 5 nitrogen and oxygen atoms in total. The summed E-state index contributed by atoms with van der Waals surface area (Å²) >= 11 is 3.43. The molecule has 0 atom stereocenters. The van der Waals surface area contributed by atoms with E-state index in [4.69, 9.17) is 9.84 Å². The predicted octanol–water partition coefficient (Wildman–Crippen LogP) is 2.79. The van der Waals surface area contributed by atoms with Gasteiger partial charge in [-0.15, -0.1) is 0 Å². The molecule has 0 aliphatic heterocycles. The van der Waals surface area contributed by atoms with Crippen LogP contribution in [0.15, 0.2) is 22.7 Å². The molecule has 0 amide bonds. The van der Waals surface area contributed by atoms with Crippen molar-refractivity contribution in [3.8, 4) is 17.0 Å². The third-order valence-corrected chi connectivity index (χ3v) is 3.66. The van der Waals surface area contributed by atoms with E-state index in [1.165, 1.54) is 0 Å². The molecule has 106 valence electrons. The first kappa shape index (κ1) is 14.6. The molecule has 1 aromatic carbocycles. The van der Waals surface area contributed by atoms with Crippen LogP contribution in [-0.2, 0) is 18.3 Å². The lowest BCUT2D eigenvalue weighted by Crippen LogP contribution is -2.06. The highest BCUT2D eigenvalue weighted by Crippen LogP contribution is 2.34. The van der Waals surface area contributed by atoms with E-state index in [1.54, 1.807) is 18.8 Å². The number of carboxylic acid groups (broad SMARTS) is 1. The van der Waals surface area contributed by atoms with E-state index < -0.39 is 5.97 Å². The molecule has 0 aliphatic rings. The summed E-state index contributed by atoms with van der Waals surface area (Å²) in [6.07, 6.45) is -0.0499. The largest absolute Gasteiger partial charge is 0.496 e. The summed E-state index contributed by atoms with van der Waals surface area (Å²) in [5.41, 5.74) is 3.12. The SMILES string of the molecule is COc1ccc(Br)cc1-c1nn(C)c(CC(=O)O)c1C. The molecule has 20 heavy (non-hydrogen) atoms. The molecule has 0 radical (unpaired) electrons. The molecule has 2 rings (SSSR count). The predicted molar refractivity (Wildman–Crippen MR) is 79.0 cm³/mol. The Hall–Kier alpha value is -1.82. The summed E-state index contributed by atoms with van der Waals surface area (Å²) < 4.78 is 7.88. The van der Waals surface area contributed by atoms with Crippen LogP contribution in [0.1, 0.15) is 11.3 Å². The molecule has 6 heteroatoms. The van der Waals surface area contributed by atoms with Crippen LogP contribution in [0.3, 0.4) is 0 Å². The third kappa shape index (κ3) is 2.70. The van der Waals surface area contributed by atoms with Gasteiger partial charge in [0.15, 0.2) is 0 Å². The van der Waals surface area contributed by atoms with Gasteiger partial charge in [0.25, 0.3) is 0 Å². The van der Waals surface area contributed by atoms with Gasteiger partial charge in [-0.2, -0.15) is 5.10 Å². The maximum Gasteiger partial charge on any atom is 0.309 e. The number of aromatic nitrogens is 2. The van der Waals surface area contributed by atoms with Gasteiger partial charge in [0, 0.05) is 17.1 Å². The van der Waals surface area contributed by atoms with Crippen LogP contribution in [0.4, 0.5) is 0 Å². The number of ether oxygens (including phenoxy) is 1. The molecule has 0 bridgehead atoms. The first-order chi connectivity index (χ1) is 9.43. The number of benzene rings is 1. The molecule has 0 spiro atoms. The maximum atomic E-state index is 10.9. The van der Waals surface area contributed by atoms with Crippen molar-refractivity contribution in [1.29, 1.82) is 0 Å². The molecule has 1 heterocycles. The van der Waals surface area contributed by atoms with Gasteiger partial charge in [-0.25, -0.2) is 0 Å². The lowest BCUT2D eigenvalue weighted by atomic mass is 10.0. The van der Waals surface area contributed by atoms with E-state index >= 15 is 0 Å². The Balaban J connectivity index is 2.59. The Labute approximate surface area is 125 Å². The van der Waals surface area contributed by atoms with E-state index in [2.05, 4.69) is 21.0 Å². The smallest absolute Gasteiger partial charge is 0.309 e. The number of methoxy groups -OCH3 is 1. The zero-order valence-electron chi connectivity index (χ0n) is 11.5. The maximum absolute atomic E-state index is 10.9. The second-order valence-electron chi connectivity index (χ2n) is 4.46. The third-order valence-electron chi connectivity index (χ3n) is 3.16. The average molecular weight is 339 g/mol. The van der Waals surface area contributed by atoms with Crippen LogP contribution in [-0.4, -0.2) is 28.0 Å². The monoisotopic (exact) mass is 338 g/mol. The average Bonchev–Trinajstić information content (AvgIpc) is 2.66. The number of rotatable bonds is 4. The number of aliphatic carboxylic acids is 1. The summed E-state index contributed by atoms with van der Waals surface area (Å²) in [5.74, 6) is -0.167. The van der Waals surface area contributed by atoms with Gasteiger partial charge in [-0.3, -0.25) is 9.48 Å². The number of carboxylic acids is 1. The second kappa shape index (κ2) is 5.66. The van der Waals surface area contributed by atoms with E-state index in [0.29, 0.717) is 11.4 Å². The van der Waals surface area contributed by atoms with E-state index in [9.17, 15) is 4.79 Å². The van der Waals surface area contributed by atoms with E-state index in [0.717, 1.165) is 21.3 Å². The fourth-order valence-electron chi connectivity index (χ4n) is 2.18. The van der Waals surface area contributed by atoms with Crippen molar-refractivity contribution in [2.24, 2.45) is 7.05 Å². The van der Waals surface area contributed by atoms with E-state index in [1.807, 2.05) is 25.1 Å². The molecule has 0 saturated heterocycles. The molecule has 0 unspecified atom stereocenters. The lowest BCUT2D eigenvalue weighted by Gasteiger charge is -2.07. The summed E-state index contributed by atoms with van der Waals surface area (Å²) in [6, 6.07) is 5.65. The zero-order valence-corrected chi connectivity index (χ0v) is 13.1. The Morgan fingerprint density at radius 1 is 1.50 bits per heavy atom. The molecular weight excluding hydrogens is 324 g/mol. The highest BCUT2D eigenvalue weighted by molar-refractivity contribution is 9.10. The topological polar surface area (TPSA) is 64.4 Å². The Morgan fingerprint density at radius 2 is 2.20 bits per heavy atom. The fourth-order valence-corrected chi connectivity index (χ4v) is 2.54. The lowest BCUT2D eigenvalue weighted by molar-refractivity contribution is -0.136. The Kier molecular flexibility index (Phi) is 4.13. The molecular formula is C14H15BrN2O3. The van der Waals surface area contributed by atoms with Gasteiger partial charge in [0.2, 0.25) is 0 Å². The molecule has 2 aromatic rings. The van der Waals surface area contributed by atoms with Crippen molar-refractivity contribution in [3.63, 3.8) is 0 Å². The van der Waals surface area contributed by atoms with Crippen molar-refractivity contribution in [2.45, 2.75) is 13.3 Å². The highest BCUT2D eigenvalue weighted by atomic mass is 79.9. The number of hydrogen-bond donors (Lipinski definition) is 1. The van der Waals surface area contributed by atoms with Gasteiger partial charge in [-0.05, 0) is 30.7 Å². The van der Waals surface area contributed by atoms with Crippen LogP contribution in [0, 0.1) is 6.92 Å². The minimum absolute atomic E-state index is 0.0499. The number of nitrogens with zero attached hydrogens (tertiary/aromatic N) is 2. The van der Waals surface area contributed by atoms with Crippen molar-refractivity contribution in [2.75, 3.05) is 7.11 Å².